The Bertz CT molecular complexity index is 1020. The van der Waals surface area contributed by atoms with Crippen LogP contribution in [0.1, 0.15) is 85.8 Å². The molecule has 38 heavy (non-hydrogen) atoms. The molecule has 1 aromatic rings. The van der Waals surface area contributed by atoms with Gasteiger partial charge in [-0.1, -0.05) is 57.5 Å². The van der Waals surface area contributed by atoms with Gasteiger partial charge in [0, 0.05) is 6.42 Å². The Morgan fingerprint density at radius 2 is 1.76 bits per heavy atom. The predicted octanol–water partition coefficient (Wildman–Crippen LogP) is 5.23. The van der Waals surface area contributed by atoms with E-state index < -0.39 is 24.9 Å². The number of alkyl carbamates (subject to hydrolysis) is 1. The topological polar surface area (TPSA) is 85.9 Å². The number of nitrogens with one attached hydrogen (secondary N) is 2. The highest BCUT2D eigenvalue weighted by Crippen LogP contribution is 2.65. The van der Waals surface area contributed by atoms with Crippen LogP contribution in [-0.4, -0.2) is 48.4 Å². The van der Waals surface area contributed by atoms with Gasteiger partial charge in [0.15, 0.2) is 0 Å². The quantitative estimate of drug-likeness (QED) is 0.453. The zero-order chi connectivity index (χ0) is 28.0. The van der Waals surface area contributed by atoms with Crippen LogP contribution in [0.4, 0.5) is 4.79 Å². The van der Waals surface area contributed by atoms with Crippen LogP contribution in [0.5, 0.6) is 0 Å². The van der Waals surface area contributed by atoms with Gasteiger partial charge in [-0.25, -0.2) is 4.79 Å². The molecule has 0 unspecified atom stereocenters. The Balaban J connectivity index is 1.51. The maximum Gasteiger partial charge on any atom is 0.481 e. The molecule has 4 fully saturated rings. The van der Waals surface area contributed by atoms with Crippen molar-refractivity contribution in [2.45, 2.75) is 117 Å². The fourth-order valence-corrected chi connectivity index (χ4v) is 6.72. The van der Waals surface area contributed by atoms with E-state index in [0.717, 1.165) is 17.5 Å². The first kappa shape index (κ1) is 28.9. The minimum Gasteiger partial charge on any atom is -0.444 e. The Kier molecular flexibility index (Phi) is 7.99. The summed E-state index contributed by atoms with van der Waals surface area (Å²) in [6.07, 6.45) is 2.66. The Morgan fingerprint density at radius 3 is 2.34 bits per heavy atom. The molecule has 7 nitrogen and oxygen atoms in total. The van der Waals surface area contributed by atoms with Crippen molar-refractivity contribution in [3.8, 4) is 0 Å². The molecule has 1 aliphatic heterocycles. The summed E-state index contributed by atoms with van der Waals surface area (Å²) in [6.45, 7) is 18.6. The molecule has 3 aliphatic carbocycles. The lowest BCUT2D eigenvalue weighted by molar-refractivity contribution is -0.199. The summed E-state index contributed by atoms with van der Waals surface area (Å²) in [7, 11) is -0.520. The van der Waals surface area contributed by atoms with Crippen LogP contribution in [0.3, 0.4) is 0 Å². The zero-order valence-electron chi connectivity index (χ0n) is 24.7. The third-order valence-corrected chi connectivity index (χ3v) is 8.92. The van der Waals surface area contributed by atoms with E-state index in [-0.39, 0.29) is 29.0 Å². The highest BCUT2D eigenvalue weighted by Gasteiger charge is 2.68. The molecule has 8 heteroatoms. The average Bonchev–Trinajstić information content (AvgIpc) is 3.15. The highest BCUT2D eigenvalue weighted by molar-refractivity contribution is 6.48. The number of hydrogen-bond acceptors (Lipinski definition) is 5. The van der Waals surface area contributed by atoms with Crippen molar-refractivity contribution in [3.05, 3.63) is 35.4 Å². The maximum atomic E-state index is 13.7. The molecule has 1 aromatic carbocycles. The van der Waals surface area contributed by atoms with Crippen molar-refractivity contribution in [1.82, 2.24) is 10.6 Å². The lowest BCUT2D eigenvalue weighted by Crippen LogP contribution is -2.65. The van der Waals surface area contributed by atoms with Gasteiger partial charge in [-0.2, -0.15) is 0 Å². The lowest BCUT2D eigenvalue weighted by Gasteiger charge is -2.64. The van der Waals surface area contributed by atoms with Crippen molar-refractivity contribution in [2.75, 3.05) is 0 Å². The van der Waals surface area contributed by atoms with E-state index >= 15 is 0 Å². The van der Waals surface area contributed by atoms with E-state index in [4.69, 9.17) is 14.0 Å². The molecule has 2 amide bonds. The monoisotopic (exact) mass is 526 g/mol. The number of aryl methyl sites for hydroxylation is 1. The summed E-state index contributed by atoms with van der Waals surface area (Å²) in [5.41, 5.74) is 1.33. The van der Waals surface area contributed by atoms with Gasteiger partial charge >= 0.3 is 13.2 Å². The lowest BCUT2D eigenvalue weighted by atomic mass is 9.43. The average molecular weight is 527 g/mol. The molecule has 0 spiro atoms. The Labute approximate surface area is 229 Å². The van der Waals surface area contributed by atoms with E-state index in [1.165, 1.54) is 6.42 Å². The molecule has 210 valence electrons. The smallest absolute Gasteiger partial charge is 0.444 e. The second-order valence-electron chi connectivity index (χ2n) is 14.0. The summed E-state index contributed by atoms with van der Waals surface area (Å²) in [6, 6.07) is 7.19. The molecule has 4 aliphatic rings. The Hall–Kier alpha value is -2.06. The number of rotatable bonds is 8. The minimum absolute atomic E-state index is 0.0408. The molecule has 1 heterocycles. The molecular weight excluding hydrogens is 479 g/mol. The largest absolute Gasteiger partial charge is 0.481 e. The second-order valence-corrected chi connectivity index (χ2v) is 14.0. The zero-order valence-corrected chi connectivity index (χ0v) is 24.7. The van der Waals surface area contributed by atoms with Crippen molar-refractivity contribution < 1.29 is 23.6 Å². The predicted molar refractivity (Wildman–Crippen MR) is 150 cm³/mol. The third-order valence-electron chi connectivity index (χ3n) is 8.92. The van der Waals surface area contributed by atoms with Gasteiger partial charge in [-0.15, -0.1) is 0 Å². The number of carbonyl (C=O) groups excluding carboxylic acids is 2. The van der Waals surface area contributed by atoms with Gasteiger partial charge in [0.25, 0.3) is 0 Å². The standard InChI is InChI=1S/C30H47BN2O5/c1-18(2)14-25(31-37-24-17-21-16-23(29(21,7)8)30(24,9)38-31)33-26(34)22(32-27(35)36-28(4,5)6)15-20-12-10-19(3)11-13-20/h10-13,18,21-25H,14-17H2,1-9H3,(H,32,35)(H,33,34)/t21-,22-,23-,24+,25-,30-/m0/s1. The first-order valence-electron chi connectivity index (χ1n) is 14.3. The van der Waals surface area contributed by atoms with Crippen molar-refractivity contribution >= 4 is 19.1 Å². The van der Waals surface area contributed by atoms with Crippen molar-refractivity contribution in [3.63, 3.8) is 0 Å². The van der Waals surface area contributed by atoms with E-state index in [2.05, 4.69) is 45.3 Å². The van der Waals surface area contributed by atoms with E-state index in [0.29, 0.717) is 30.6 Å². The summed E-state index contributed by atoms with van der Waals surface area (Å²) < 4.78 is 18.7. The van der Waals surface area contributed by atoms with Crippen molar-refractivity contribution in [2.24, 2.45) is 23.2 Å². The summed E-state index contributed by atoms with van der Waals surface area (Å²) in [4.78, 5) is 26.4. The number of amides is 2. The molecule has 3 saturated carbocycles. The molecule has 0 aromatic heterocycles. The summed E-state index contributed by atoms with van der Waals surface area (Å²) >= 11 is 0. The van der Waals surface area contributed by atoms with Gasteiger partial charge in [0.1, 0.15) is 11.6 Å². The van der Waals surface area contributed by atoms with Gasteiger partial charge in [-0.3, -0.25) is 4.79 Å². The van der Waals surface area contributed by atoms with E-state index in [9.17, 15) is 9.59 Å². The second kappa shape index (κ2) is 10.5. The number of carbonyl (C=O) groups is 2. The summed E-state index contributed by atoms with van der Waals surface area (Å²) in [5.74, 6) is 0.831. The molecule has 1 saturated heterocycles. The first-order chi connectivity index (χ1) is 17.6. The molecular formula is C30H47BN2O5. The van der Waals surface area contributed by atoms with Crippen LogP contribution in [0.25, 0.3) is 0 Å². The number of ether oxygens (including phenoxy) is 1. The highest BCUT2D eigenvalue weighted by atomic mass is 16.7. The van der Waals surface area contributed by atoms with Gasteiger partial charge < -0.3 is 24.7 Å². The number of hydrogen-bond donors (Lipinski definition) is 2. The Morgan fingerprint density at radius 1 is 1.11 bits per heavy atom. The fraction of sp³-hybridized carbons (Fsp3) is 0.733. The summed E-state index contributed by atoms with van der Waals surface area (Å²) in [5, 5.41) is 6.02. The van der Waals surface area contributed by atoms with Gasteiger partial charge in [0.2, 0.25) is 5.91 Å². The van der Waals surface area contributed by atoms with Gasteiger partial charge in [0.05, 0.1) is 17.6 Å². The van der Waals surface area contributed by atoms with Crippen LogP contribution in [0.15, 0.2) is 24.3 Å². The van der Waals surface area contributed by atoms with E-state index in [1.54, 1.807) is 20.8 Å². The fourth-order valence-electron chi connectivity index (χ4n) is 6.72. The van der Waals surface area contributed by atoms with E-state index in [1.807, 2.05) is 31.2 Å². The van der Waals surface area contributed by atoms with Crippen molar-refractivity contribution in [1.29, 1.82) is 0 Å². The minimum atomic E-state index is -0.798. The maximum absolute atomic E-state index is 13.7. The molecule has 0 radical (unpaired) electrons. The molecule has 2 bridgehead atoms. The van der Waals surface area contributed by atoms with Crippen LogP contribution < -0.4 is 10.6 Å². The first-order valence-corrected chi connectivity index (χ1v) is 14.3. The SMILES string of the molecule is Cc1ccc(C[C@H](NC(=O)OC(C)(C)C)C(=O)N[C@@H](CC(C)C)B2O[C@@H]3C[C@@H]4C[C@@H](C4(C)C)[C@]3(C)O2)cc1. The third kappa shape index (κ3) is 6.06. The molecule has 2 N–H and O–H groups in total. The molecule has 5 rings (SSSR count). The van der Waals surface area contributed by atoms with Crippen LogP contribution >= 0.6 is 0 Å². The van der Waals surface area contributed by atoms with Gasteiger partial charge in [-0.05, 0) is 82.6 Å². The van der Waals surface area contributed by atoms with Crippen LogP contribution in [0, 0.1) is 30.1 Å². The van der Waals surface area contributed by atoms with Crippen LogP contribution in [0.2, 0.25) is 0 Å². The normalized spacial score (nSPS) is 29.2. The molecule has 6 atom stereocenters. The number of benzene rings is 1. The van der Waals surface area contributed by atoms with Crippen LogP contribution in [-0.2, 0) is 25.3 Å².